The largest absolute Gasteiger partial charge is 0.450 e. The number of amides is 4. The highest BCUT2D eigenvalue weighted by molar-refractivity contribution is 7.14. The molecule has 1 aromatic carbocycles. The summed E-state index contributed by atoms with van der Waals surface area (Å²) in [5.74, 6) is -1.12. The van der Waals surface area contributed by atoms with Crippen LogP contribution in [-0.4, -0.2) is 48.4 Å². The number of hydrogen-bond acceptors (Lipinski definition) is 6. The topological polar surface area (TPSA) is 105 Å². The fourth-order valence-corrected chi connectivity index (χ4v) is 3.73. The molecule has 0 aliphatic carbocycles. The molecule has 0 bridgehead atoms. The Kier molecular flexibility index (Phi) is 6.61. The Balaban J connectivity index is 1.65. The lowest BCUT2D eigenvalue weighted by molar-refractivity contribution is 0.0791. The first kappa shape index (κ1) is 20.5. The molecule has 1 saturated heterocycles. The Hall–Kier alpha value is -3.20. The SMILES string of the molecule is CCOC(=O)NC(=O)c1ccsc1NC(=O)c1ccc(C(=O)N2CCCC2)cc1. The second kappa shape index (κ2) is 9.33. The molecule has 1 aliphatic rings. The zero-order valence-corrected chi connectivity index (χ0v) is 16.7. The highest BCUT2D eigenvalue weighted by atomic mass is 32.1. The predicted octanol–water partition coefficient (Wildman–Crippen LogP) is 3.12. The number of nitrogens with zero attached hydrogens (tertiary/aromatic N) is 1. The van der Waals surface area contributed by atoms with Gasteiger partial charge in [0.15, 0.2) is 0 Å². The molecule has 2 aromatic rings. The van der Waals surface area contributed by atoms with Crippen LogP contribution in [0.5, 0.6) is 0 Å². The van der Waals surface area contributed by atoms with Gasteiger partial charge in [-0.2, -0.15) is 0 Å². The number of benzene rings is 1. The summed E-state index contributed by atoms with van der Waals surface area (Å²) in [5.41, 5.74) is 1.06. The summed E-state index contributed by atoms with van der Waals surface area (Å²) in [7, 11) is 0. The van der Waals surface area contributed by atoms with Crippen molar-refractivity contribution in [3.63, 3.8) is 0 Å². The normalized spacial score (nSPS) is 13.1. The van der Waals surface area contributed by atoms with Gasteiger partial charge in [-0.1, -0.05) is 0 Å². The van der Waals surface area contributed by atoms with Crippen LogP contribution >= 0.6 is 11.3 Å². The highest BCUT2D eigenvalue weighted by Gasteiger charge is 2.21. The molecule has 4 amide bonds. The minimum absolute atomic E-state index is 0.0364. The van der Waals surface area contributed by atoms with Crippen LogP contribution in [0.2, 0.25) is 0 Å². The van der Waals surface area contributed by atoms with Gasteiger partial charge in [-0.3, -0.25) is 19.7 Å². The van der Waals surface area contributed by atoms with E-state index >= 15 is 0 Å². The van der Waals surface area contributed by atoms with Crippen LogP contribution in [0.3, 0.4) is 0 Å². The van der Waals surface area contributed by atoms with Gasteiger partial charge in [0.25, 0.3) is 17.7 Å². The zero-order valence-electron chi connectivity index (χ0n) is 15.9. The standard InChI is InChI=1S/C20H21N3O5S/c1-2-28-20(27)22-17(25)15-9-12-29-18(15)21-16(24)13-5-7-14(8-6-13)19(26)23-10-3-4-11-23/h5-9,12H,2-4,10-11H2,1H3,(H,21,24)(H,22,25,27). The minimum atomic E-state index is -0.848. The molecule has 0 spiro atoms. The van der Waals surface area contributed by atoms with Crippen molar-refractivity contribution in [2.24, 2.45) is 0 Å². The molecule has 9 heteroatoms. The quantitative estimate of drug-likeness (QED) is 0.781. The van der Waals surface area contributed by atoms with Crippen molar-refractivity contribution in [3.05, 3.63) is 52.4 Å². The second-order valence-electron chi connectivity index (χ2n) is 6.37. The van der Waals surface area contributed by atoms with Gasteiger partial charge in [0.2, 0.25) is 0 Å². The van der Waals surface area contributed by atoms with Gasteiger partial charge < -0.3 is 15.0 Å². The number of thiophene rings is 1. The first-order chi connectivity index (χ1) is 14.0. The lowest BCUT2D eigenvalue weighted by Crippen LogP contribution is -2.31. The first-order valence-electron chi connectivity index (χ1n) is 9.26. The molecule has 0 unspecified atom stereocenters. The van der Waals surface area contributed by atoms with E-state index in [1.807, 2.05) is 0 Å². The van der Waals surface area contributed by atoms with Crippen molar-refractivity contribution < 1.29 is 23.9 Å². The molecule has 0 atom stereocenters. The fraction of sp³-hybridized carbons (Fsp3) is 0.300. The summed E-state index contributed by atoms with van der Waals surface area (Å²) >= 11 is 1.16. The van der Waals surface area contributed by atoms with E-state index in [4.69, 9.17) is 0 Å². The molecule has 2 N–H and O–H groups in total. The Morgan fingerprint density at radius 2 is 1.66 bits per heavy atom. The molecule has 8 nitrogen and oxygen atoms in total. The van der Waals surface area contributed by atoms with Gasteiger partial charge in [-0.15, -0.1) is 11.3 Å². The van der Waals surface area contributed by atoms with Crippen LogP contribution in [0.15, 0.2) is 35.7 Å². The Labute approximate surface area is 171 Å². The molecule has 1 aliphatic heterocycles. The molecular weight excluding hydrogens is 394 g/mol. The Morgan fingerprint density at radius 3 is 2.31 bits per heavy atom. The van der Waals surface area contributed by atoms with E-state index < -0.39 is 17.9 Å². The van der Waals surface area contributed by atoms with Gasteiger partial charge >= 0.3 is 6.09 Å². The molecule has 152 valence electrons. The molecular formula is C20H21N3O5S. The van der Waals surface area contributed by atoms with E-state index in [2.05, 4.69) is 15.4 Å². The number of alkyl carbamates (subject to hydrolysis) is 1. The summed E-state index contributed by atoms with van der Waals surface area (Å²) in [4.78, 5) is 50.3. The molecule has 2 heterocycles. The van der Waals surface area contributed by atoms with Gasteiger partial charge in [-0.05, 0) is 55.5 Å². The molecule has 1 fully saturated rings. The number of carbonyl (C=O) groups excluding carboxylic acids is 4. The summed E-state index contributed by atoms with van der Waals surface area (Å²) in [6.45, 7) is 3.29. The summed E-state index contributed by atoms with van der Waals surface area (Å²) in [5, 5.41) is 6.71. The third-order valence-corrected chi connectivity index (χ3v) is 5.25. The number of likely N-dealkylation sites (tertiary alicyclic amines) is 1. The number of rotatable bonds is 5. The smallest absolute Gasteiger partial charge is 0.414 e. The van der Waals surface area contributed by atoms with Crippen molar-refractivity contribution >= 4 is 40.2 Å². The van der Waals surface area contributed by atoms with E-state index in [-0.39, 0.29) is 18.1 Å². The zero-order chi connectivity index (χ0) is 20.8. The van der Waals surface area contributed by atoms with Crippen molar-refractivity contribution in [1.82, 2.24) is 10.2 Å². The van der Waals surface area contributed by atoms with E-state index in [0.29, 0.717) is 16.1 Å². The molecule has 0 saturated carbocycles. The molecule has 3 rings (SSSR count). The maximum absolute atomic E-state index is 12.5. The number of ether oxygens (including phenoxy) is 1. The lowest BCUT2D eigenvalue weighted by Gasteiger charge is -2.15. The monoisotopic (exact) mass is 415 g/mol. The highest BCUT2D eigenvalue weighted by Crippen LogP contribution is 2.24. The maximum atomic E-state index is 12.5. The third kappa shape index (κ3) is 5.00. The van der Waals surface area contributed by atoms with Gasteiger partial charge in [0.05, 0.1) is 12.2 Å². The van der Waals surface area contributed by atoms with Crippen LogP contribution in [0.25, 0.3) is 0 Å². The average Bonchev–Trinajstić information content (AvgIpc) is 3.40. The number of nitrogens with one attached hydrogen (secondary N) is 2. The van der Waals surface area contributed by atoms with Gasteiger partial charge in [0, 0.05) is 24.2 Å². The fourth-order valence-electron chi connectivity index (χ4n) is 2.95. The van der Waals surface area contributed by atoms with E-state index in [1.165, 1.54) is 6.07 Å². The Morgan fingerprint density at radius 1 is 1.00 bits per heavy atom. The van der Waals surface area contributed by atoms with Crippen molar-refractivity contribution in [3.8, 4) is 0 Å². The summed E-state index contributed by atoms with van der Waals surface area (Å²) < 4.78 is 4.68. The van der Waals surface area contributed by atoms with E-state index in [0.717, 1.165) is 37.3 Å². The minimum Gasteiger partial charge on any atom is -0.450 e. The first-order valence-corrected chi connectivity index (χ1v) is 10.1. The number of anilines is 1. The van der Waals surface area contributed by atoms with E-state index in [1.54, 1.807) is 41.5 Å². The second-order valence-corrected chi connectivity index (χ2v) is 7.28. The van der Waals surface area contributed by atoms with Crippen LogP contribution in [-0.2, 0) is 4.74 Å². The summed E-state index contributed by atoms with van der Waals surface area (Å²) in [6.07, 6.45) is 1.18. The van der Waals surface area contributed by atoms with Crippen molar-refractivity contribution in [1.29, 1.82) is 0 Å². The maximum Gasteiger partial charge on any atom is 0.414 e. The lowest BCUT2D eigenvalue weighted by atomic mass is 10.1. The number of carbonyl (C=O) groups is 4. The van der Waals surface area contributed by atoms with Crippen LogP contribution in [0, 0.1) is 0 Å². The molecule has 1 aromatic heterocycles. The van der Waals surface area contributed by atoms with Crippen LogP contribution < -0.4 is 10.6 Å². The van der Waals surface area contributed by atoms with E-state index in [9.17, 15) is 19.2 Å². The van der Waals surface area contributed by atoms with Crippen molar-refractivity contribution in [2.45, 2.75) is 19.8 Å². The van der Waals surface area contributed by atoms with Crippen LogP contribution in [0.1, 0.15) is 50.8 Å². The molecule has 0 radical (unpaired) electrons. The van der Waals surface area contributed by atoms with Crippen LogP contribution in [0.4, 0.5) is 9.80 Å². The average molecular weight is 415 g/mol. The predicted molar refractivity (Wildman–Crippen MR) is 108 cm³/mol. The summed E-state index contributed by atoms with van der Waals surface area (Å²) in [6, 6.07) is 7.90. The molecule has 29 heavy (non-hydrogen) atoms. The van der Waals surface area contributed by atoms with Gasteiger partial charge in [0.1, 0.15) is 5.00 Å². The third-order valence-electron chi connectivity index (χ3n) is 4.42. The number of imide groups is 1. The van der Waals surface area contributed by atoms with Crippen molar-refractivity contribution in [2.75, 3.05) is 25.0 Å². The Bertz CT molecular complexity index is 916. The number of hydrogen-bond donors (Lipinski definition) is 2. The van der Waals surface area contributed by atoms with Gasteiger partial charge in [-0.25, -0.2) is 4.79 Å².